The number of aliphatic carboxylic acids is 2. The summed E-state index contributed by atoms with van der Waals surface area (Å²) < 4.78 is 0. The van der Waals surface area contributed by atoms with Crippen LogP contribution in [0.5, 0.6) is 0 Å². The van der Waals surface area contributed by atoms with Crippen LogP contribution in [0.2, 0.25) is 0 Å². The summed E-state index contributed by atoms with van der Waals surface area (Å²) >= 11 is 0. The molecule has 0 amide bonds. The molecule has 0 aromatic rings. The maximum atomic E-state index is 10.8. The largest absolute Gasteiger partial charge is 0.481 e. The molecule has 0 saturated carbocycles. The van der Waals surface area contributed by atoms with Gasteiger partial charge in [-0.1, -0.05) is 41.5 Å². The van der Waals surface area contributed by atoms with E-state index in [1.807, 2.05) is 13.8 Å². The third kappa shape index (κ3) is 10.6. The molecule has 0 rings (SSSR count). The number of hydrogen-bond acceptors (Lipinski definition) is 2. The quantitative estimate of drug-likeness (QED) is 0.573. The molecular weight excluding hydrogens is 280 g/mol. The minimum atomic E-state index is -0.730. The number of rotatable bonds is 11. The van der Waals surface area contributed by atoms with Gasteiger partial charge in [-0.3, -0.25) is 9.59 Å². The van der Waals surface area contributed by atoms with Crippen molar-refractivity contribution in [1.29, 1.82) is 0 Å². The van der Waals surface area contributed by atoms with Crippen LogP contribution >= 0.6 is 0 Å². The van der Waals surface area contributed by atoms with E-state index in [9.17, 15) is 9.59 Å². The normalized spacial score (nSPS) is 15.4. The van der Waals surface area contributed by atoms with E-state index >= 15 is 0 Å². The molecule has 0 aliphatic rings. The van der Waals surface area contributed by atoms with Gasteiger partial charge in [-0.05, 0) is 48.3 Å². The first-order chi connectivity index (χ1) is 9.83. The molecule has 0 fully saturated rings. The van der Waals surface area contributed by atoms with E-state index in [0.717, 1.165) is 25.7 Å². The Labute approximate surface area is 135 Å². The third-order valence-electron chi connectivity index (χ3n) is 4.33. The standard InChI is InChI=1S/C18H34O4/c1-13(9-15(19)20)11-17(3,4)7-8-18(5,6)12-14(2)10-16(21)22/h13-14H,7-12H2,1-6H3,(H,19,20)(H,21,22). The maximum Gasteiger partial charge on any atom is 0.303 e. The van der Waals surface area contributed by atoms with Crippen molar-refractivity contribution in [3.05, 3.63) is 0 Å². The van der Waals surface area contributed by atoms with E-state index in [1.54, 1.807) is 0 Å². The highest BCUT2D eigenvalue weighted by atomic mass is 16.4. The van der Waals surface area contributed by atoms with Crippen LogP contribution in [0.1, 0.15) is 80.1 Å². The van der Waals surface area contributed by atoms with Gasteiger partial charge in [0.05, 0.1) is 0 Å². The molecule has 2 unspecified atom stereocenters. The van der Waals surface area contributed by atoms with E-state index in [-0.39, 0.29) is 35.5 Å². The number of hydrogen-bond donors (Lipinski definition) is 2. The van der Waals surface area contributed by atoms with Crippen molar-refractivity contribution in [2.45, 2.75) is 80.1 Å². The third-order valence-corrected chi connectivity index (χ3v) is 4.33. The molecule has 22 heavy (non-hydrogen) atoms. The molecule has 0 saturated heterocycles. The van der Waals surface area contributed by atoms with Gasteiger partial charge in [0.2, 0.25) is 0 Å². The average molecular weight is 314 g/mol. The van der Waals surface area contributed by atoms with Gasteiger partial charge in [-0.25, -0.2) is 0 Å². The lowest BCUT2D eigenvalue weighted by atomic mass is 9.72. The minimum Gasteiger partial charge on any atom is -0.481 e. The predicted octanol–water partition coefficient (Wildman–Crippen LogP) is 4.82. The van der Waals surface area contributed by atoms with Gasteiger partial charge in [-0.15, -0.1) is 0 Å². The van der Waals surface area contributed by atoms with Gasteiger partial charge < -0.3 is 10.2 Å². The van der Waals surface area contributed by atoms with Crippen LogP contribution in [0.3, 0.4) is 0 Å². The Morgan fingerprint density at radius 3 is 1.27 bits per heavy atom. The summed E-state index contributed by atoms with van der Waals surface area (Å²) in [5.74, 6) is -1.10. The highest BCUT2D eigenvalue weighted by Crippen LogP contribution is 2.39. The van der Waals surface area contributed by atoms with Gasteiger partial charge in [0.1, 0.15) is 0 Å². The predicted molar refractivity (Wildman–Crippen MR) is 88.9 cm³/mol. The molecule has 2 atom stereocenters. The first-order valence-corrected chi connectivity index (χ1v) is 8.26. The second kappa shape index (κ2) is 8.54. The smallest absolute Gasteiger partial charge is 0.303 e. The zero-order chi connectivity index (χ0) is 17.6. The van der Waals surface area contributed by atoms with E-state index in [4.69, 9.17) is 10.2 Å². The molecule has 2 N–H and O–H groups in total. The van der Waals surface area contributed by atoms with Crippen LogP contribution < -0.4 is 0 Å². The van der Waals surface area contributed by atoms with Crippen LogP contribution in [0.4, 0.5) is 0 Å². The zero-order valence-corrected chi connectivity index (χ0v) is 15.1. The van der Waals surface area contributed by atoms with Crippen molar-refractivity contribution in [1.82, 2.24) is 0 Å². The molecule has 0 bridgehead atoms. The molecule has 4 heteroatoms. The Hall–Kier alpha value is -1.06. The summed E-state index contributed by atoms with van der Waals surface area (Å²) in [6, 6.07) is 0. The van der Waals surface area contributed by atoms with Gasteiger partial charge in [0, 0.05) is 12.8 Å². The summed E-state index contributed by atoms with van der Waals surface area (Å²) in [7, 11) is 0. The second-order valence-corrected chi connectivity index (χ2v) is 8.64. The van der Waals surface area contributed by atoms with Crippen LogP contribution in [0, 0.1) is 22.7 Å². The Kier molecular flexibility index (Phi) is 8.13. The lowest BCUT2D eigenvalue weighted by Gasteiger charge is -2.34. The van der Waals surface area contributed by atoms with Gasteiger partial charge in [-0.2, -0.15) is 0 Å². The van der Waals surface area contributed by atoms with Crippen LogP contribution in [-0.2, 0) is 9.59 Å². The highest BCUT2D eigenvalue weighted by Gasteiger charge is 2.28. The highest BCUT2D eigenvalue weighted by molar-refractivity contribution is 5.67. The molecule has 0 spiro atoms. The van der Waals surface area contributed by atoms with Crippen molar-refractivity contribution in [3.63, 3.8) is 0 Å². The van der Waals surface area contributed by atoms with Crippen LogP contribution in [0.15, 0.2) is 0 Å². The summed E-state index contributed by atoms with van der Waals surface area (Å²) in [4.78, 5) is 21.5. The molecule has 130 valence electrons. The van der Waals surface area contributed by atoms with Crippen molar-refractivity contribution < 1.29 is 19.8 Å². The molecule has 0 aliphatic carbocycles. The average Bonchev–Trinajstić information content (AvgIpc) is 2.22. The monoisotopic (exact) mass is 314 g/mol. The fourth-order valence-corrected chi connectivity index (χ4v) is 3.51. The Bertz CT molecular complexity index is 335. The van der Waals surface area contributed by atoms with Gasteiger partial charge in [0.25, 0.3) is 0 Å². The summed E-state index contributed by atoms with van der Waals surface area (Å²) in [6.45, 7) is 12.8. The first-order valence-electron chi connectivity index (χ1n) is 8.26. The number of carboxylic acid groups (broad SMARTS) is 2. The minimum absolute atomic E-state index is 0.113. The van der Waals surface area contributed by atoms with E-state index in [2.05, 4.69) is 27.7 Å². The molecule has 4 nitrogen and oxygen atoms in total. The molecule has 0 aromatic carbocycles. The Morgan fingerprint density at radius 1 is 0.773 bits per heavy atom. The summed E-state index contributed by atoms with van der Waals surface area (Å²) in [6.07, 6.45) is 4.32. The molecule has 0 aromatic heterocycles. The number of carboxylic acids is 2. The molecular formula is C18H34O4. The SMILES string of the molecule is CC(CC(=O)O)CC(C)(C)CCC(C)(C)CC(C)CC(=O)O. The molecule has 0 aliphatic heterocycles. The van der Waals surface area contributed by atoms with Crippen molar-refractivity contribution in [2.75, 3.05) is 0 Å². The summed E-state index contributed by atoms with van der Waals surface area (Å²) in [5.41, 5.74) is 0.227. The van der Waals surface area contributed by atoms with E-state index in [1.165, 1.54) is 0 Å². The Morgan fingerprint density at radius 2 is 1.05 bits per heavy atom. The molecule has 0 radical (unpaired) electrons. The van der Waals surface area contributed by atoms with E-state index < -0.39 is 11.9 Å². The zero-order valence-electron chi connectivity index (χ0n) is 15.1. The van der Waals surface area contributed by atoms with Crippen molar-refractivity contribution in [3.8, 4) is 0 Å². The number of carbonyl (C=O) groups is 2. The Balaban J connectivity index is 4.37. The van der Waals surface area contributed by atoms with Crippen LogP contribution in [0.25, 0.3) is 0 Å². The van der Waals surface area contributed by atoms with Crippen LogP contribution in [-0.4, -0.2) is 22.2 Å². The fourth-order valence-electron chi connectivity index (χ4n) is 3.51. The van der Waals surface area contributed by atoms with Crippen molar-refractivity contribution >= 4 is 11.9 Å². The van der Waals surface area contributed by atoms with Crippen molar-refractivity contribution in [2.24, 2.45) is 22.7 Å². The van der Waals surface area contributed by atoms with Gasteiger partial charge >= 0.3 is 11.9 Å². The second-order valence-electron chi connectivity index (χ2n) is 8.64. The maximum absolute atomic E-state index is 10.8. The summed E-state index contributed by atoms with van der Waals surface area (Å²) in [5, 5.41) is 17.7. The van der Waals surface area contributed by atoms with E-state index in [0.29, 0.717) is 0 Å². The molecule has 0 heterocycles. The first kappa shape index (κ1) is 20.9. The lowest BCUT2D eigenvalue weighted by Crippen LogP contribution is -2.23. The lowest BCUT2D eigenvalue weighted by molar-refractivity contribution is -0.139. The van der Waals surface area contributed by atoms with Gasteiger partial charge in [0.15, 0.2) is 0 Å². The topological polar surface area (TPSA) is 74.6 Å². The fraction of sp³-hybridized carbons (Fsp3) is 0.889.